The lowest BCUT2D eigenvalue weighted by atomic mass is 10.1. The van der Waals surface area contributed by atoms with Crippen LogP contribution >= 0.6 is 11.3 Å². The molecule has 0 amide bonds. The molecule has 0 saturated heterocycles. The second-order valence-electron chi connectivity index (χ2n) is 3.64. The highest BCUT2D eigenvalue weighted by atomic mass is 32.1. The van der Waals surface area contributed by atoms with Crippen molar-refractivity contribution in [1.82, 2.24) is 4.98 Å². The molecule has 0 atom stereocenters. The van der Waals surface area contributed by atoms with Crippen LogP contribution in [0.3, 0.4) is 0 Å². The van der Waals surface area contributed by atoms with Gasteiger partial charge in [-0.3, -0.25) is 0 Å². The molecular formula is C12H12F2N2S. The number of aryl methyl sites for hydroxylation is 1. The molecular weight excluding hydrogens is 242 g/mol. The van der Waals surface area contributed by atoms with Crippen LogP contribution in [0.15, 0.2) is 23.6 Å². The lowest BCUT2D eigenvalue weighted by Gasteiger charge is -1.99. The number of benzene rings is 1. The van der Waals surface area contributed by atoms with E-state index in [1.807, 2.05) is 0 Å². The summed E-state index contributed by atoms with van der Waals surface area (Å²) in [4.78, 5) is 4.31. The summed E-state index contributed by atoms with van der Waals surface area (Å²) < 4.78 is 26.3. The predicted octanol–water partition coefficient (Wildman–Crippen LogP) is 2.98. The van der Waals surface area contributed by atoms with Crippen LogP contribution in [0, 0.1) is 11.6 Å². The van der Waals surface area contributed by atoms with Gasteiger partial charge in [-0.15, -0.1) is 11.3 Å². The first kappa shape index (κ1) is 12.1. The van der Waals surface area contributed by atoms with E-state index < -0.39 is 11.6 Å². The molecule has 1 aromatic heterocycles. The Morgan fingerprint density at radius 3 is 2.82 bits per heavy atom. The molecule has 0 unspecified atom stereocenters. The predicted molar refractivity (Wildman–Crippen MR) is 64.8 cm³/mol. The topological polar surface area (TPSA) is 38.9 Å². The molecule has 2 aromatic rings. The third-order valence-corrected chi connectivity index (χ3v) is 3.26. The molecule has 0 aliphatic heterocycles. The minimum absolute atomic E-state index is 0.335. The largest absolute Gasteiger partial charge is 0.330 e. The minimum Gasteiger partial charge on any atom is -0.330 e. The highest BCUT2D eigenvalue weighted by Gasteiger charge is 2.10. The van der Waals surface area contributed by atoms with E-state index in [2.05, 4.69) is 4.98 Å². The summed E-state index contributed by atoms with van der Waals surface area (Å²) in [5, 5.41) is 2.71. The SMILES string of the molecule is NCCCc1nc(-c2ccc(F)cc2F)cs1. The molecule has 0 aliphatic rings. The van der Waals surface area contributed by atoms with Gasteiger partial charge in [0.15, 0.2) is 0 Å². The molecule has 0 fully saturated rings. The van der Waals surface area contributed by atoms with E-state index in [0.717, 1.165) is 23.9 Å². The molecule has 90 valence electrons. The Labute approximate surface area is 102 Å². The third kappa shape index (κ3) is 2.87. The summed E-state index contributed by atoms with van der Waals surface area (Å²) in [5.74, 6) is -1.16. The fourth-order valence-electron chi connectivity index (χ4n) is 1.50. The quantitative estimate of drug-likeness (QED) is 0.911. The van der Waals surface area contributed by atoms with Gasteiger partial charge in [0.25, 0.3) is 0 Å². The molecule has 0 bridgehead atoms. The van der Waals surface area contributed by atoms with Gasteiger partial charge in [-0.05, 0) is 25.1 Å². The summed E-state index contributed by atoms with van der Waals surface area (Å²) in [6.07, 6.45) is 1.66. The Hall–Kier alpha value is -1.33. The second-order valence-corrected chi connectivity index (χ2v) is 4.59. The van der Waals surface area contributed by atoms with E-state index in [0.29, 0.717) is 17.8 Å². The average Bonchev–Trinajstić information content (AvgIpc) is 2.75. The molecule has 2 nitrogen and oxygen atoms in total. The molecule has 0 radical (unpaired) electrons. The van der Waals surface area contributed by atoms with Crippen molar-refractivity contribution in [2.24, 2.45) is 5.73 Å². The van der Waals surface area contributed by atoms with Crippen molar-refractivity contribution in [3.8, 4) is 11.3 Å². The number of halogens is 2. The van der Waals surface area contributed by atoms with E-state index in [4.69, 9.17) is 5.73 Å². The molecule has 2 N–H and O–H groups in total. The number of hydrogen-bond donors (Lipinski definition) is 1. The van der Waals surface area contributed by atoms with Gasteiger partial charge >= 0.3 is 0 Å². The van der Waals surface area contributed by atoms with E-state index in [1.165, 1.54) is 23.5 Å². The summed E-state index contributed by atoms with van der Waals surface area (Å²) in [5.41, 5.74) is 6.30. The van der Waals surface area contributed by atoms with Gasteiger partial charge in [0, 0.05) is 23.4 Å². The van der Waals surface area contributed by atoms with E-state index in [-0.39, 0.29) is 0 Å². The van der Waals surface area contributed by atoms with Crippen LogP contribution in [0.1, 0.15) is 11.4 Å². The molecule has 5 heteroatoms. The Kier molecular flexibility index (Phi) is 3.81. The van der Waals surface area contributed by atoms with Crippen molar-refractivity contribution >= 4 is 11.3 Å². The standard InChI is InChI=1S/C12H12F2N2S/c13-8-3-4-9(10(14)6-8)11-7-17-12(16-11)2-1-5-15/h3-4,6-7H,1-2,5,15H2. The maximum atomic E-state index is 13.5. The number of aromatic nitrogens is 1. The minimum atomic E-state index is -0.583. The van der Waals surface area contributed by atoms with Gasteiger partial charge in [-0.2, -0.15) is 0 Å². The zero-order valence-electron chi connectivity index (χ0n) is 9.12. The summed E-state index contributed by atoms with van der Waals surface area (Å²) >= 11 is 1.47. The van der Waals surface area contributed by atoms with Gasteiger partial charge in [0.05, 0.1) is 10.7 Å². The lowest BCUT2D eigenvalue weighted by Crippen LogP contribution is -2.00. The normalized spacial score (nSPS) is 10.8. The van der Waals surface area contributed by atoms with Crippen LogP contribution in [0.4, 0.5) is 8.78 Å². The van der Waals surface area contributed by atoms with Crippen LogP contribution in [-0.4, -0.2) is 11.5 Å². The van der Waals surface area contributed by atoms with Gasteiger partial charge in [-0.1, -0.05) is 0 Å². The van der Waals surface area contributed by atoms with Crippen molar-refractivity contribution in [1.29, 1.82) is 0 Å². The molecule has 0 saturated carbocycles. The molecule has 2 rings (SSSR count). The van der Waals surface area contributed by atoms with E-state index >= 15 is 0 Å². The lowest BCUT2D eigenvalue weighted by molar-refractivity contribution is 0.585. The summed E-state index contributed by atoms with van der Waals surface area (Å²) in [7, 11) is 0. The maximum absolute atomic E-state index is 13.5. The highest BCUT2D eigenvalue weighted by Crippen LogP contribution is 2.25. The third-order valence-electron chi connectivity index (χ3n) is 2.35. The first-order valence-electron chi connectivity index (χ1n) is 5.30. The second kappa shape index (κ2) is 5.33. The van der Waals surface area contributed by atoms with Crippen LogP contribution < -0.4 is 5.73 Å². The van der Waals surface area contributed by atoms with Gasteiger partial charge in [0.1, 0.15) is 11.6 Å². The smallest absolute Gasteiger partial charge is 0.135 e. The Morgan fingerprint density at radius 2 is 2.12 bits per heavy atom. The zero-order valence-corrected chi connectivity index (χ0v) is 9.94. The van der Waals surface area contributed by atoms with Crippen LogP contribution in [-0.2, 0) is 6.42 Å². The van der Waals surface area contributed by atoms with Crippen molar-refractivity contribution in [2.75, 3.05) is 6.54 Å². The van der Waals surface area contributed by atoms with Crippen molar-refractivity contribution in [3.63, 3.8) is 0 Å². The van der Waals surface area contributed by atoms with Crippen molar-refractivity contribution in [2.45, 2.75) is 12.8 Å². The molecule has 0 aliphatic carbocycles. The van der Waals surface area contributed by atoms with E-state index in [1.54, 1.807) is 5.38 Å². The Bertz CT molecular complexity index is 511. The molecule has 1 heterocycles. The zero-order chi connectivity index (χ0) is 12.3. The van der Waals surface area contributed by atoms with Crippen molar-refractivity contribution in [3.05, 3.63) is 40.2 Å². The first-order chi connectivity index (χ1) is 8.20. The van der Waals surface area contributed by atoms with Gasteiger partial charge in [-0.25, -0.2) is 13.8 Å². The van der Waals surface area contributed by atoms with E-state index in [9.17, 15) is 8.78 Å². The molecule has 1 aromatic carbocycles. The number of thiazole rings is 1. The number of nitrogens with two attached hydrogens (primary N) is 1. The Balaban J connectivity index is 2.24. The van der Waals surface area contributed by atoms with Gasteiger partial charge in [0.2, 0.25) is 0 Å². The average molecular weight is 254 g/mol. The molecule has 0 spiro atoms. The summed E-state index contributed by atoms with van der Waals surface area (Å²) in [6, 6.07) is 3.51. The number of rotatable bonds is 4. The van der Waals surface area contributed by atoms with Gasteiger partial charge < -0.3 is 5.73 Å². The number of hydrogen-bond acceptors (Lipinski definition) is 3. The Morgan fingerprint density at radius 1 is 1.29 bits per heavy atom. The fraction of sp³-hybridized carbons (Fsp3) is 0.250. The van der Waals surface area contributed by atoms with Crippen molar-refractivity contribution < 1.29 is 8.78 Å². The van der Waals surface area contributed by atoms with Crippen LogP contribution in [0.2, 0.25) is 0 Å². The van der Waals surface area contributed by atoms with Crippen LogP contribution in [0.5, 0.6) is 0 Å². The monoisotopic (exact) mass is 254 g/mol. The highest BCUT2D eigenvalue weighted by molar-refractivity contribution is 7.09. The fourth-order valence-corrected chi connectivity index (χ4v) is 2.34. The molecule has 17 heavy (non-hydrogen) atoms. The number of nitrogens with zero attached hydrogens (tertiary/aromatic N) is 1. The maximum Gasteiger partial charge on any atom is 0.135 e. The van der Waals surface area contributed by atoms with Crippen LogP contribution in [0.25, 0.3) is 11.3 Å². The first-order valence-corrected chi connectivity index (χ1v) is 6.18. The summed E-state index contributed by atoms with van der Waals surface area (Å²) in [6.45, 7) is 0.611.